The van der Waals surface area contributed by atoms with Gasteiger partial charge in [-0.05, 0) is 73.7 Å². The molecule has 4 aliphatic carbocycles. The molecule has 136 valence electrons. The van der Waals surface area contributed by atoms with E-state index >= 15 is 0 Å². The number of nitrogens with one attached hydrogen (secondary N) is 1. The van der Waals surface area contributed by atoms with Crippen molar-refractivity contribution in [1.29, 1.82) is 0 Å². The van der Waals surface area contributed by atoms with Gasteiger partial charge in [0, 0.05) is 18.0 Å². The Kier molecular flexibility index (Phi) is 3.75. The lowest BCUT2D eigenvalue weighted by Gasteiger charge is -2.62. The van der Waals surface area contributed by atoms with Crippen molar-refractivity contribution >= 4 is 22.4 Å². The second-order valence-corrected chi connectivity index (χ2v) is 10.1. The van der Waals surface area contributed by atoms with Crippen LogP contribution in [0, 0.1) is 24.2 Å². The van der Waals surface area contributed by atoms with Crippen molar-refractivity contribution < 1.29 is 4.79 Å². The minimum Gasteiger partial charge on any atom is -0.302 e. The molecule has 6 rings (SSSR count). The fraction of sp³-hybridized carbons (Fsp3) is 0.545. The lowest BCUT2D eigenvalue weighted by molar-refractivity contribution is -0.126. The van der Waals surface area contributed by atoms with Crippen molar-refractivity contribution in [3.63, 3.8) is 0 Å². The summed E-state index contributed by atoms with van der Waals surface area (Å²) in [6.45, 7) is 2.16. The molecule has 4 fully saturated rings. The number of hydrogen-bond donors (Lipinski definition) is 1. The highest BCUT2D eigenvalue weighted by Gasteiger charge is 2.58. The highest BCUT2D eigenvalue weighted by molar-refractivity contribution is 7.13. The average molecular weight is 367 g/mol. The number of amides is 1. The number of hydrogen-bond acceptors (Lipinski definition) is 3. The lowest BCUT2D eigenvalue weighted by Crippen LogP contribution is -2.54. The largest absolute Gasteiger partial charge is 0.302 e. The smallest absolute Gasteiger partial charge is 0.226 e. The maximum absolute atomic E-state index is 12.7. The summed E-state index contributed by atoms with van der Waals surface area (Å²) in [7, 11) is 0. The van der Waals surface area contributed by atoms with Crippen molar-refractivity contribution in [2.24, 2.45) is 17.3 Å². The van der Waals surface area contributed by atoms with E-state index < -0.39 is 0 Å². The molecule has 0 saturated heterocycles. The average Bonchev–Trinajstić information content (AvgIpc) is 3.06. The molecule has 26 heavy (non-hydrogen) atoms. The van der Waals surface area contributed by atoms with Gasteiger partial charge in [0.15, 0.2) is 5.13 Å². The van der Waals surface area contributed by atoms with E-state index in [4.69, 9.17) is 0 Å². The third-order valence-electron chi connectivity index (χ3n) is 7.06. The van der Waals surface area contributed by atoms with E-state index in [2.05, 4.69) is 41.5 Å². The molecule has 3 nitrogen and oxygen atoms in total. The van der Waals surface area contributed by atoms with E-state index in [9.17, 15) is 4.79 Å². The fourth-order valence-electron chi connectivity index (χ4n) is 6.69. The summed E-state index contributed by atoms with van der Waals surface area (Å²) in [5.41, 5.74) is 3.34. The number of carbonyl (C=O) groups is 1. The summed E-state index contributed by atoms with van der Waals surface area (Å²) in [6, 6.07) is 9.23. The van der Waals surface area contributed by atoms with Crippen molar-refractivity contribution in [2.75, 3.05) is 5.32 Å². The van der Waals surface area contributed by atoms with E-state index in [1.165, 1.54) is 61.0 Å². The highest BCUT2D eigenvalue weighted by atomic mass is 32.1. The molecule has 1 N–H and O–H groups in total. The first kappa shape index (κ1) is 16.5. The van der Waals surface area contributed by atoms with Crippen molar-refractivity contribution in [2.45, 2.75) is 57.3 Å². The Morgan fingerprint density at radius 2 is 1.92 bits per heavy atom. The number of rotatable bonds is 4. The van der Waals surface area contributed by atoms with Crippen LogP contribution in [0.25, 0.3) is 0 Å². The van der Waals surface area contributed by atoms with E-state index in [0.29, 0.717) is 11.8 Å². The van der Waals surface area contributed by atoms with Gasteiger partial charge in [0.1, 0.15) is 0 Å². The van der Waals surface area contributed by atoms with Gasteiger partial charge in [-0.15, -0.1) is 11.3 Å². The Morgan fingerprint density at radius 1 is 1.19 bits per heavy atom. The van der Waals surface area contributed by atoms with Gasteiger partial charge in [0.2, 0.25) is 5.91 Å². The van der Waals surface area contributed by atoms with Crippen LogP contribution in [-0.4, -0.2) is 10.9 Å². The molecular weight excluding hydrogens is 340 g/mol. The van der Waals surface area contributed by atoms with E-state index in [1.807, 2.05) is 5.38 Å². The van der Waals surface area contributed by atoms with Gasteiger partial charge in [0.25, 0.3) is 0 Å². The number of anilines is 1. The molecule has 1 heterocycles. The molecule has 0 aliphatic heterocycles. The summed E-state index contributed by atoms with van der Waals surface area (Å²) in [5, 5.41) is 5.66. The van der Waals surface area contributed by atoms with Crippen LogP contribution >= 0.6 is 11.3 Å². The van der Waals surface area contributed by atoms with E-state index in [0.717, 1.165) is 17.0 Å². The normalized spacial score (nSPS) is 34.8. The van der Waals surface area contributed by atoms with E-state index in [1.54, 1.807) is 6.20 Å². The first-order chi connectivity index (χ1) is 12.5. The molecule has 2 unspecified atom stereocenters. The zero-order chi connectivity index (χ0) is 17.8. The second kappa shape index (κ2) is 5.91. The minimum atomic E-state index is 0.154. The first-order valence-electron chi connectivity index (χ1n) is 9.81. The third kappa shape index (κ3) is 2.79. The number of nitrogens with zero attached hydrogens (tertiary/aromatic N) is 1. The Hall–Kier alpha value is -1.68. The Balaban J connectivity index is 1.41. The van der Waals surface area contributed by atoms with Crippen LogP contribution in [-0.2, 0) is 10.2 Å². The number of thiazole rings is 1. The quantitative estimate of drug-likeness (QED) is 0.796. The Labute approximate surface area is 159 Å². The van der Waals surface area contributed by atoms with Crippen LogP contribution in [0.1, 0.15) is 56.1 Å². The summed E-state index contributed by atoms with van der Waals surface area (Å²) in [5.74, 6) is 1.75. The minimum absolute atomic E-state index is 0.154. The van der Waals surface area contributed by atoms with Gasteiger partial charge in [-0.1, -0.05) is 29.8 Å². The molecule has 1 aromatic heterocycles. The fourth-order valence-corrected chi connectivity index (χ4v) is 7.24. The molecule has 0 spiro atoms. The van der Waals surface area contributed by atoms with Crippen LogP contribution in [0.5, 0.6) is 0 Å². The molecule has 4 saturated carbocycles. The molecule has 1 aromatic carbocycles. The molecule has 2 atom stereocenters. The summed E-state index contributed by atoms with van der Waals surface area (Å²) < 4.78 is 0. The highest BCUT2D eigenvalue weighted by Crippen LogP contribution is 2.66. The van der Waals surface area contributed by atoms with Crippen molar-refractivity contribution in [1.82, 2.24) is 4.98 Å². The monoisotopic (exact) mass is 366 g/mol. The first-order valence-corrected chi connectivity index (χ1v) is 10.7. The summed E-state index contributed by atoms with van der Waals surface area (Å²) in [4.78, 5) is 16.9. The molecular formula is C22H26N2OS. The maximum Gasteiger partial charge on any atom is 0.226 e. The Morgan fingerprint density at radius 3 is 2.58 bits per heavy atom. The van der Waals surface area contributed by atoms with Gasteiger partial charge in [-0.25, -0.2) is 4.98 Å². The zero-order valence-corrected chi connectivity index (χ0v) is 16.1. The zero-order valence-electron chi connectivity index (χ0n) is 15.3. The standard InChI is InChI=1S/C22H26N2OS/c1-15-2-4-18(5-3-15)22-11-16-8-17(12-22)10-21(9-16,14-22)13-19(25)24-20-23-6-7-26-20/h2-7,16-17H,8-14H2,1H3,(H,23,24,25). The molecule has 0 radical (unpaired) electrons. The van der Waals surface area contributed by atoms with Crippen molar-refractivity contribution in [3.8, 4) is 0 Å². The topological polar surface area (TPSA) is 42.0 Å². The van der Waals surface area contributed by atoms with Gasteiger partial charge in [-0.2, -0.15) is 0 Å². The van der Waals surface area contributed by atoms with Crippen LogP contribution in [0.4, 0.5) is 5.13 Å². The molecule has 4 heteroatoms. The number of benzene rings is 1. The maximum atomic E-state index is 12.7. The van der Waals surface area contributed by atoms with E-state index in [-0.39, 0.29) is 11.3 Å². The number of aromatic nitrogens is 1. The predicted octanol–water partition coefficient (Wildman–Crippen LogP) is 5.32. The van der Waals surface area contributed by atoms with Crippen LogP contribution in [0.3, 0.4) is 0 Å². The van der Waals surface area contributed by atoms with Gasteiger partial charge in [-0.3, -0.25) is 4.79 Å². The number of aryl methyl sites for hydroxylation is 1. The lowest BCUT2D eigenvalue weighted by atomic mass is 9.42. The van der Waals surface area contributed by atoms with Gasteiger partial charge >= 0.3 is 0 Å². The van der Waals surface area contributed by atoms with Crippen molar-refractivity contribution in [3.05, 3.63) is 47.0 Å². The second-order valence-electron chi connectivity index (χ2n) is 9.17. The molecule has 4 bridgehead atoms. The van der Waals surface area contributed by atoms with Gasteiger partial charge < -0.3 is 5.32 Å². The van der Waals surface area contributed by atoms with Crippen LogP contribution in [0.15, 0.2) is 35.8 Å². The SMILES string of the molecule is Cc1ccc(C23CC4CC(CC(CC(=O)Nc5nccs5)(C4)C2)C3)cc1. The van der Waals surface area contributed by atoms with Crippen LogP contribution in [0.2, 0.25) is 0 Å². The summed E-state index contributed by atoms with van der Waals surface area (Å²) >= 11 is 1.50. The summed E-state index contributed by atoms with van der Waals surface area (Å²) in [6.07, 6.45) is 10.1. The van der Waals surface area contributed by atoms with Crippen LogP contribution < -0.4 is 5.32 Å². The molecule has 4 aliphatic rings. The predicted molar refractivity (Wildman–Crippen MR) is 105 cm³/mol. The molecule has 1 amide bonds. The third-order valence-corrected chi connectivity index (χ3v) is 7.75. The number of carbonyl (C=O) groups excluding carboxylic acids is 1. The van der Waals surface area contributed by atoms with Gasteiger partial charge in [0.05, 0.1) is 0 Å². The molecule has 2 aromatic rings. The Bertz CT molecular complexity index is 797.